The van der Waals surface area contributed by atoms with Gasteiger partial charge in [0, 0.05) is 11.1 Å². The van der Waals surface area contributed by atoms with E-state index in [0.717, 1.165) is 24.0 Å². The lowest BCUT2D eigenvalue weighted by atomic mass is 9.96. The van der Waals surface area contributed by atoms with E-state index >= 15 is 0 Å². The Morgan fingerprint density at radius 1 is 0.568 bits per heavy atom. The van der Waals surface area contributed by atoms with E-state index in [1.165, 1.54) is 108 Å². The Labute approximate surface area is 268 Å². The van der Waals surface area contributed by atoms with Gasteiger partial charge in [0.2, 0.25) is 5.91 Å². The highest BCUT2D eigenvalue weighted by Crippen LogP contribution is 2.24. The van der Waals surface area contributed by atoms with Crippen molar-refractivity contribution in [2.24, 2.45) is 0 Å². The minimum atomic E-state index is -0.114. The van der Waals surface area contributed by atoms with Gasteiger partial charge < -0.3 is 5.32 Å². The van der Waals surface area contributed by atoms with Gasteiger partial charge in [-0.25, -0.2) is 0 Å². The molecule has 0 saturated carbocycles. The molecule has 0 aliphatic carbocycles. The predicted molar refractivity (Wildman–Crippen MR) is 188 cm³/mol. The molecule has 1 amide bonds. The molecule has 0 saturated heterocycles. The molecule has 3 nitrogen and oxygen atoms in total. The molecule has 3 aromatic rings. The molecule has 0 aliphatic rings. The van der Waals surface area contributed by atoms with Crippen LogP contribution in [0.1, 0.15) is 149 Å². The minimum Gasteiger partial charge on any atom is -0.325 e. The van der Waals surface area contributed by atoms with Crippen molar-refractivity contribution in [2.45, 2.75) is 136 Å². The molecule has 0 unspecified atom stereocenters. The van der Waals surface area contributed by atoms with Crippen molar-refractivity contribution in [2.75, 3.05) is 5.32 Å². The third-order valence-electron chi connectivity index (χ3n) is 8.69. The number of carbonyl (C=O) groups excluding carboxylic acids is 2. The number of anilines is 1. The van der Waals surface area contributed by atoms with E-state index in [-0.39, 0.29) is 18.1 Å². The summed E-state index contributed by atoms with van der Waals surface area (Å²) in [7, 11) is 0. The molecule has 0 heterocycles. The summed E-state index contributed by atoms with van der Waals surface area (Å²) in [6, 6.07) is 23.3. The van der Waals surface area contributed by atoms with Gasteiger partial charge in [0.15, 0.2) is 5.78 Å². The van der Waals surface area contributed by atoms with E-state index in [1.807, 2.05) is 73.7 Å². The van der Waals surface area contributed by atoms with Crippen LogP contribution in [0.25, 0.3) is 0 Å². The van der Waals surface area contributed by atoms with Crippen LogP contribution < -0.4 is 5.32 Å². The van der Waals surface area contributed by atoms with E-state index in [4.69, 9.17) is 0 Å². The van der Waals surface area contributed by atoms with Gasteiger partial charge in [-0.3, -0.25) is 9.59 Å². The lowest BCUT2D eigenvalue weighted by molar-refractivity contribution is -0.115. The third-order valence-corrected chi connectivity index (χ3v) is 8.69. The normalized spacial score (nSPS) is 11.0. The molecule has 3 heteroatoms. The zero-order valence-corrected chi connectivity index (χ0v) is 27.7. The topological polar surface area (TPSA) is 46.2 Å². The van der Waals surface area contributed by atoms with Gasteiger partial charge in [-0.05, 0) is 43.0 Å². The summed E-state index contributed by atoms with van der Waals surface area (Å²) in [6.45, 7) is 4.32. The molecule has 0 aliphatic heterocycles. The van der Waals surface area contributed by atoms with Gasteiger partial charge in [-0.1, -0.05) is 176 Å². The average molecular weight is 596 g/mol. The Balaban J connectivity index is 1.36. The fourth-order valence-corrected chi connectivity index (χ4v) is 5.93. The molecule has 238 valence electrons. The summed E-state index contributed by atoms with van der Waals surface area (Å²) < 4.78 is 0. The number of benzene rings is 3. The zero-order chi connectivity index (χ0) is 31.2. The van der Waals surface area contributed by atoms with Crippen LogP contribution in [-0.2, 0) is 17.6 Å². The van der Waals surface area contributed by atoms with Gasteiger partial charge in [0.25, 0.3) is 0 Å². The number of amides is 1. The molecule has 0 radical (unpaired) electrons. The summed E-state index contributed by atoms with van der Waals surface area (Å²) in [5.74, 6) is -0.169. The standard InChI is InChI=1S/C41H57NO2/c1-3-4-5-6-7-8-9-10-11-12-13-14-15-16-17-18-20-23-35-30-31-39(38(32-35)41(44)37-24-21-19-22-25-37)42-40(43)33-36-28-26-34(2)27-29-36/h19,21-22,24-32H,3-18,20,23,33H2,1-2H3,(H,42,43). The summed E-state index contributed by atoms with van der Waals surface area (Å²) >= 11 is 0. The Bertz CT molecular complexity index is 1220. The van der Waals surface area contributed by atoms with Crippen LogP contribution in [0.15, 0.2) is 72.8 Å². The molecule has 3 rings (SSSR count). The van der Waals surface area contributed by atoms with Gasteiger partial charge in [-0.15, -0.1) is 0 Å². The number of ketones is 1. The number of rotatable bonds is 23. The third kappa shape index (κ3) is 14.1. The first-order valence-corrected chi connectivity index (χ1v) is 17.6. The molecular weight excluding hydrogens is 538 g/mol. The second-order valence-corrected chi connectivity index (χ2v) is 12.7. The molecule has 3 aromatic carbocycles. The van der Waals surface area contributed by atoms with Crippen LogP contribution in [0.4, 0.5) is 5.69 Å². The van der Waals surface area contributed by atoms with Crippen LogP contribution in [-0.4, -0.2) is 11.7 Å². The van der Waals surface area contributed by atoms with Gasteiger partial charge in [0.05, 0.1) is 12.1 Å². The number of carbonyl (C=O) groups is 2. The van der Waals surface area contributed by atoms with Crippen molar-refractivity contribution in [3.63, 3.8) is 0 Å². The fraction of sp³-hybridized carbons (Fsp3) is 0.512. The monoisotopic (exact) mass is 595 g/mol. The summed E-state index contributed by atoms with van der Waals surface area (Å²) in [4.78, 5) is 26.4. The predicted octanol–water partition coefficient (Wildman–Crippen LogP) is 11.6. The Kier molecular flexibility index (Phi) is 17.2. The molecule has 0 bridgehead atoms. The lowest BCUT2D eigenvalue weighted by Gasteiger charge is -2.13. The molecule has 0 atom stereocenters. The molecule has 0 fully saturated rings. The Morgan fingerprint density at radius 2 is 1.07 bits per heavy atom. The first-order chi connectivity index (χ1) is 21.6. The quantitative estimate of drug-likeness (QED) is 0.0875. The lowest BCUT2D eigenvalue weighted by Crippen LogP contribution is -2.17. The van der Waals surface area contributed by atoms with E-state index in [9.17, 15) is 9.59 Å². The van der Waals surface area contributed by atoms with Crippen molar-refractivity contribution < 1.29 is 9.59 Å². The second-order valence-electron chi connectivity index (χ2n) is 12.7. The van der Waals surface area contributed by atoms with Crippen molar-refractivity contribution in [3.05, 3.63) is 101 Å². The van der Waals surface area contributed by atoms with E-state index in [0.29, 0.717) is 16.8 Å². The average Bonchev–Trinajstić information content (AvgIpc) is 3.04. The maximum atomic E-state index is 13.5. The van der Waals surface area contributed by atoms with Crippen LogP contribution in [0.5, 0.6) is 0 Å². The molecular formula is C41H57NO2. The zero-order valence-electron chi connectivity index (χ0n) is 27.7. The smallest absolute Gasteiger partial charge is 0.228 e. The second kappa shape index (κ2) is 21.5. The highest BCUT2D eigenvalue weighted by atomic mass is 16.1. The van der Waals surface area contributed by atoms with Gasteiger partial charge in [0.1, 0.15) is 0 Å². The Morgan fingerprint density at radius 3 is 1.61 bits per heavy atom. The maximum absolute atomic E-state index is 13.5. The van der Waals surface area contributed by atoms with Crippen molar-refractivity contribution >= 4 is 17.4 Å². The largest absolute Gasteiger partial charge is 0.325 e. The van der Waals surface area contributed by atoms with E-state index in [1.54, 1.807) is 0 Å². The first kappa shape index (κ1) is 35.3. The van der Waals surface area contributed by atoms with Crippen LogP contribution in [0.2, 0.25) is 0 Å². The maximum Gasteiger partial charge on any atom is 0.228 e. The SMILES string of the molecule is CCCCCCCCCCCCCCCCCCCc1ccc(NC(=O)Cc2ccc(C)cc2)c(C(=O)c2ccccc2)c1. The molecule has 1 N–H and O–H groups in total. The molecule has 0 aromatic heterocycles. The van der Waals surface area contributed by atoms with Crippen LogP contribution >= 0.6 is 0 Å². The van der Waals surface area contributed by atoms with Crippen molar-refractivity contribution in [1.29, 1.82) is 0 Å². The van der Waals surface area contributed by atoms with Gasteiger partial charge in [-0.2, -0.15) is 0 Å². The highest BCUT2D eigenvalue weighted by molar-refractivity contribution is 6.14. The fourth-order valence-electron chi connectivity index (χ4n) is 5.93. The van der Waals surface area contributed by atoms with Crippen LogP contribution in [0.3, 0.4) is 0 Å². The van der Waals surface area contributed by atoms with Crippen LogP contribution in [0, 0.1) is 6.92 Å². The van der Waals surface area contributed by atoms with E-state index < -0.39 is 0 Å². The summed E-state index contributed by atoms with van der Waals surface area (Å²) in [5.41, 5.74) is 5.07. The van der Waals surface area contributed by atoms with Gasteiger partial charge >= 0.3 is 0 Å². The van der Waals surface area contributed by atoms with Crippen molar-refractivity contribution in [1.82, 2.24) is 0 Å². The summed E-state index contributed by atoms with van der Waals surface area (Å²) in [6.07, 6.45) is 24.4. The highest BCUT2D eigenvalue weighted by Gasteiger charge is 2.16. The molecule has 44 heavy (non-hydrogen) atoms. The number of hydrogen-bond donors (Lipinski definition) is 1. The first-order valence-electron chi connectivity index (χ1n) is 17.6. The van der Waals surface area contributed by atoms with E-state index in [2.05, 4.69) is 18.3 Å². The minimum absolute atomic E-state index is 0.0551. The molecule has 0 spiro atoms. The number of aryl methyl sites for hydroxylation is 2. The Hall–Kier alpha value is -3.20. The number of unbranched alkanes of at least 4 members (excludes halogenated alkanes) is 16. The number of hydrogen-bond acceptors (Lipinski definition) is 2. The van der Waals surface area contributed by atoms with Crippen molar-refractivity contribution in [3.8, 4) is 0 Å². The number of nitrogens with one attached hydrogen (secondary N) is 1. The summed E-state index contributed by atoms with van der Waals surface area (Å²) in [5, 5.41) is 3.02.